The van der Waals surface area contributed by atoms with Gasteiger partial charge >= 0.3 is 0 Å². The first-order valence-electron chi connectivity index (χ1n) is 8.03. The average molecular weight is 327 g/mol. The first-order valence-corrected chi connectivity index (χ1v) is 8.03. The minimum Gasteiger partial charge on any atom is -0.495 e. The van der Waals surface area contributed by atoms with Gasteiger partial charge in [-0.15, -0.1) is 0 Å². The topological polar surface area (TPSA) is 47.6 Å². The van der Waals surface area contributed by atoms with Crippen molar-refractivity contribution in [1.29, 1.82) is 0 Å². The molecule has 4 heteroatoms. The van der Waals surface area contributed by atoms with Gasteiger partial charge in [-0.25, -0.2) is 0 Å². The Kier molecular flexibility index (Phi) is 5.50. The molecule has 0 aliphatic rings. The molecule has 0 radical (unpaired) electrons. The van der Waals surface area contributed by atoms with Crippen molar-refractivity contribution in [1.82, 2.24) is 0 Å². The van der Waals surface area contributed by atoms with Crippen LogP contribution in [-0.2, 0) is 10.2 Å². The van der Waals surface area contributed by atoms with Crippen LogP contribution >= 0.6 is 0 Å². The lowest BCUT2D eigenvalue weighted by Crippen LogP contribution is -2.31. The Labute approximate surface area is 143 Å². The van der Waals surface area contributed by atoms with Crippen LogP contribution in [0.2, 0.25) is 0 Å². The molecule has 0 spiro atoms. The number of benzene rings is 2. The summed E-state index contributed by atoms with van der Waals surface area (Å²) in [6.45, 7) is 8.10. The highest BCUT2D eigenvalue weighted by atomic mass is 16.5. The van der Waals surface area contributed by atoms with Gasteiger partial charge in [-0.05, 0) is 36.1 Å². The molecule has 1 amide bonds. The first kappa shape index (κ1) is 17.9. The molecule has 1 atom stereocenters. The van der Waals surface area contributed by atoms with Crippen molar-refractivity contribution in [2.75, 3.05) is 12.4 Å². The number of rotatable bonds is 5. The lowest BCUT2D eigenvalue weighted by molar-refractivity contribution is -0.122. The van der Waals surface area contributed by atoms with Gasteiger partial charge in [0.2, 0.25) is 0 Å². The highest BCUT2D eigenvalue weighted by molar-refractivity contribution is 5.95. The highest BCUT2D eigenvalue weighted by Gasteiger charge is 2.22. The lowest BCUT2D eigenvalue weighted by atomic mass is 9.86. The zero-order chi connectivity index (χ0) is 17.7. The number of ether oxygens (including phenoxy) is 2. The Morgan fingerprint density at radius 3 is 2.21 bits per heavy atom. The second kappa shape index (κ2) is 7.39. The number of hydrogen-bond donors (Lipinski definition) is 1. The smallest absolute Gasteiger partial charge is 0.265 e. The summed E-state index contributed by atoms with van der Waals surface area (Å²) in [6, 6.07) is 15.1. The molecule has 0 aliphatic heterocycles. The third-order valence-corrected chi connectivity index (χ3v) is 3.73. The Morgan fingerprint density at radius 2 is 1.58 bits per heavy atom. The Morgan fingerprint density at radius 1 is 1.00 bits per heavy atom. The van der Waals surface area contributed by atoms with E-state index in [0.29, 0.717) is 11.4 Å². The molecular weight excluding hydrogens is 302 g/mol. The summed E-state index contributed by atoms with van der Waals surface area (Å²) in [6.07, 6.45) is -0.626. The van der Waals surface area contributed by atoms with Crippen LogP contribution in [0.3, 0.4) is 0 Å². The van der Waals surface area contributed by atoms with E-state index in [4.69, 9.17) is 9.47 Å². The molecular formula is C20H25NO3. The molecule has 1 N–H and O–H groups in total. The third-order valence-electron chi connectivity index (χ3n) is 3.73. The van der Waals surface area contributed by atoms with E-state index in [0.717, 1.165) is 11.3 Å². The zero-order valence-electron chi connectivity index (χ0n) is 14.9. The van der Waals surface area contributed by atoms with E-state index in [2.05, 4.69) is 26.1 Å². The summed E-state index contributed by atoms with van der Waals surface area (Å²) < 4.78 is 11.2. The standard InChI is InChI=1S/C20H25NO3/c1-14(19(22)21-16-11-7-9-13-18(16)23-5)24-17-12-8-6-10-15(17)20(2,3)4/h6-14H,1-5H3,(H,21,22). The van der Waals surface area contributed by atoms with E-state index in [1.54, 1.807) is 26.2 Å². The van der Waals surface area contributed by atoms with Crippen LogP contribution in [0.25, 0.3) is 0 Å². The lowest BCUT2D eigenvalue weighted by Gasteiger charge is -2.24. The van der Waals surface area contributed by atoms with Gasteiger partial charge < -0.3 is 14.8 Å². The fourth-order valence-electron chi connectivity index (χ4n) is 2.42. The number of hydrogen-bond acceptors (Lipinski definition) is 3. The Bertz CT molecular complexity index is 704. The van der Waals surface area contributed by atoms with Crippen LogP contribution in [-0.4, -0.2) is 19.1 Å². The van der Waals surface area contributed by atoms with Gasteiger partial charge in [0, 0.05) is 0 Å². The van der Waals surface area contributed by atoms with Crippen molar-refractivity contribution in [3.63, 3.8) is 0 Å². The highest BCUT2D eigenvalue weighted by Crippen LogP contribution is 2.31. The van der Waals surface area contributed by atoms with E-state index in [9.17, 15) is 4.79 Å². The number of para-hydroxylation sites is 3. The van der Waals surface area contributed by atoms with Crippen molar-refractivity contribution in [2.45, 2.75) is 39.2 Å². The fourth-order valence-corrected chi connectivity index (χ4v) is 2.42. The predicted octanol–water partition coefficient (Wildman–Crippen LogP) is 4.40. The molecule has 0 aliphatic carbocycles. The Hall–Kier alpha value is -2.49. The molecule has 2 aromatic rings. The second-order valence-corrected chi connectivity index (χ2v) is 6.70. The van der Waals surface area contributed by atoms with E-state index in [1.807, 2.05) is 36.4 Å². The van der Waals surface area contributed by atoms with Gasteiger partial charge in [0.05, 0.1) is 12.8 Å². The molecule has 2 rings (SSSR count). The summed E-state index contributed by atoms with van der Waals surface area (Å²) in [5.74, 6) is 1.13. The van der Waals surface area contributed by atoms with Crippen LogP contribution in [0.4, 0.5) is 5.69 Å². The summed E-state index contributed by atoms with van der Waals surface area (Å²) in [5, 5.41) is 2.85. The maximum Gasteiger partial charge on any atom is 0.265 e. The van der Waals surface area contributed by atoms with Crippen molar-refractivity contribution in [2.24, 2.45) is 0 Å². The second-order valence-electron chi connectivity index (χ2n) is 6.70. The van der Waals surface area contributed by atoms with E-state index < -0.39 is 6.10 Å². The van der Waals surface area contributed by atoms with Crippen molar-refractivity contribution in [3.05, 3.63) is 54.1 Å². The van der Waals surface area contributed by atoms with Crippen LogP contribution < -0.4 is 14.8 Å². The van der Waals surface area contributed by atoms with Crippen LogP contribution in [0.5, 0.6) is 11.5 Å². The predicted molar refractivity (Wildman–Crippen MR) is 96.9 cm³/mol. The molecule has 2 aromatic carbocycles. The summed E-state index contributed by atoms with van der Waals surface area (Å²) >= 11 is 0. The zero-order valence-corrected chi connectivity index (χ0v) is 14.9. The SMILES string of the molecule is COc1ccccc1NC(=O)C(C)Oc1ccccc1C(C)(C)C. The number of anilines is 1. The van der Waals surface area contributed by atoms with Crippen molar-refractivity contribution >= 4 is 11.6 Å². The fraction of sp³-hybridized carbons (Fsp3) is 0.350. The summed E-state index contributed by atoms with van der Waals surface area (Å²) in [5.41, 5.74) is 1.64. The number of carbonyl (C=O) groups excluding carboxylic acids is 1. The van der Waals surface area contributed by atoms with Crippen molar-refractivity contribution < 1.29 is 14.3 Å². The monoisotopic (exact) mass is 327 g/mol. The minimum atomic E-state index is -0.626. The van der Waals surface area contributed by atoms with E-state index >= 15 is 0 Å². The number of amides is 1. The minimum absolute atomic E-state index is 0.0601. The molecule has 0 saturated heterocycles. The summed E-state index contributed by atoms with van der Waals surface area (Å²) in [4.78, 5) is 12.5. The molecule has 0 aromatic heterocycles. The maximum atomic E-state index is 12.5. The average Bonchev–Trinajstić information content (AvgIpc) is 2.54. The number of methoxy groups -OCH3 is 1. The van der Waals surface area contributed by atoms with Crippen LogP contribution in [0.1, 0.15) is 33.3 Å². The van der Waals surface area contributed by atoms with Gasteiger partial charge in [-0.2, -0.15) is 0 Å². The molecule has 4 nitrogen and oxygen atoms in total. The van der Waals surface area contributed by atoms with Crippen LogP contribution in [0.15, 0.2) is 48.5 Å². The van der Waals surface area contributed by atoms with E-state index in [1.165, 1.54) is 0 Å². The van der Waals surface area contributed by atoms with Gasteiger partial charge in [0.1, 0.15) is 11.5 Å². The Balaban J connectivity index is 2.13. The third kappa shape index (κ3) is 4.28. The van der Waals surface area contributed by atoms with Gasteiger partial charge in [0.25, 0.3) is 5.91 Å². The molecule has 128 valence electrons. The van der Waals surface area contributed by atoms with Crippen LogP contribution in [0, 0.1) is 0 Å². The van der Waals surface area contributed by atoms with Crippen molar-refractivity contribution in [3.8, 4) is 11.5 Å². The quantitative estimate of drug-likeness (QED) is 0.885. The molecule has 0 heterocycles. The molecule has 0 fully saturated rings. The van der Waals surface area contributed by atoms with Gasteiger partial charge in [0.15, 0.2) is 6.10 Å². The first-order chi connectivity index (χ1) is 11.3. The normalized spacial score (nSPS) is 12.4. The number of nitrogens with one attached hydrogen (secondary N) is 1. The van der Waals surface area contributed by atoms with Gasteiger partial charge in [-0.1, -0.05) is 51.1 Å². The van der Waals surface area contributed by atoms with E-state index in [-0.39, 0.29) is 11.3 Å². The molecule has 1 unspecified atom stereocenters. The molecule has 0 saturated carbocycles. The molecule has 24 heavy (non-hydrogen) atoms. The summed E-state index contributed by atoms with van der Waals surface area (Å²) in [7, 11) is 1.57. The molecule has 0 bridgehead atoms. The number of carbonyl (C=O) groups is 1. The maximum absolute atomic E-state index is 12.5. The van der Waals surface area contributed by atoms with Gasteiger partial charge in [-0.3, -0.25) is 4.79 Å². The largest absolute Gasteiger partial charge is 0.495 e.